The molecule has 0 amide bonds. The van der Waals surface area contributed by atoms with Crippen molar-refractivity contribution in [3.05, 3.63) is 35.9 Å². The van der Waals surface area contributed by atoms with Crippen LogP contribution >= 0.6 is 24.0 Å². The van der Waals surface area contributed by atoms with Crippen molar-refractivity contribution < 1.29 is 0 Å². The van der Waals surface area contributed by atoms with E-state index in [4.69, 9.17) is 0 Å². The number of nitrogens with one attached hydrogen (secondary N) is 2. The molecule has 2 fully saturated rings. The van der Waals surface area contributed by atoms with Gasteiger partial charge in [-0.15, -0.1) is 24.0 Å². The summed E-state index contributed by atoms with van der Waals surface area (Å²) in [4.78, 5) is 9.49. The van der Waals surface area contributed by atoms with Crippen LogP contribution in [-0.2, 0) is 6.54 Å². The number of aliphatic imine (C=N–C) groups is 1. The maximum absolute atomic E-state index is 4.44. The summed E-state index contributed by atoms with van der Waals surface area (Å²) >= 11 is 0. The molecule has 2 heterocycles. The minimum Gasteiger partial charge on any atom is -0.355 e. The van der Waals surface area contributed by atoms with Gasteiger partial charge in [0.1, 0.15) is 0 Å². The van der Waals surface area contributed by atoms with Crippen LogP contribution in [0.5, 0.6) is 0 Å². The van der Waals surface area contributed by atoms with Crippen molar-refractivity contribution in [2.45, 2.75) is 57.3 Å². The lowest BCUT2D eigenvalue weighted by molar-refractivity contribution is 0.134. The number of halogens is 1. The van der Waals surface area contributed by atoms with Crippen LogP contribution < -0.4 is 10.6 Å². The van der Waals surface area contributed by atoms with Gasteiger partial charge in [0, 0.05) is 44.8 Å². The molecule has 0 aliphatic carbocycles. The second-order valence-electron chi connectivity index (χ2n) is 7.90. The van der Waals surface area contributed by atoms with E-state index in [1.165, 1.54) is 31.4 Å². The Balaban J connectivity index is 0.00000261. The smallest absolute Gasteiger partial charge is 0.191 e. The molecule has 2 N–H and O–H groups in total. The van der Waals surface area contributed by atoms with E-state index in [1.54, 1.807) is 0 Å². The van der Waals surface area contributed by atoms with Crippen molar-refractivity contribution in [1.29, 1.82) is 0 Å². The van der Waals surface area contributed by atoms with E-state index in [2.05, 4.69) is 69.7 Å². The van der Waals surface area contributed by atoms with Crippen LogP contribution in [0.1, 0.15) is 38.2 Å². The Bertz CT molecular complexity index is 579. The van der Waals surface area contributed by atoms with Crippen LogP contribution in [0.4, 0.5) is 0 Å². The third-order valence-corrected chi connectivity index (χ3v) is 5.98. The number of rotatable bonds is 5. The molecule has 0 aromatic heterocycles. The van der Waals surface area contributed by atoms with Gasteiger partial charge in [0.15, 0.2) is 5.96 Å². The lowest BCUT2D eigenvalue weighted by Crippen LogP contribution is -2.52. The quantitative estimate of drug-likeness (QED) is 0.383. The number of likely N-dealkylation sites (tertiary alicyclic amines) is 2. The third-order valence-electron chi connectivity index (χ3n) is 5.98. The number of guanidine groups is 1. The first-order valence-electron chi connectivity index (χ1n) is 10.1. The summed E-state index contributed by atoms with van der Waals surface area (Å²) in [7, 11) is 4.10. The zero-order valence-electron chi connectivity index (χ0n) is 17.0. The monoisotopic (exact) mass is 485 g/mol. The van der Waals surface area contributed by atoms with Gasteiger partial charge in [-0.1, -0.05) is 30.3 Å². The maximum atomic E-state index is 4.44. The average Bonchev–Trinajstić information content (AvgIpc) is 3.06. The molecule has 5 nitrogen and oxygen atoms in total. The summed E-state index contributed by atoms with van der Waals surface area (Å²) < 4.78 is 0. The molecule has 0 spiro atoms. The standard InChI is InChI=1S/C21H35N5.HI/c1-17-14-19(11-13-26(17)16-18-8-5-4-6-9-18)24-21(22-2)23-15-20-10-7-12-25(20)3;/h4-6,8-9,17,19-20H,7,10-16H2,1-3H3,(H2,22,23,24);1H. The first-order chi connectivity index (χ1) is 12.7. The van der Waals surface area contributed by atoms with Gasteiger partial charge in [0.05, 0.1) is 0 Å². The molecule has 0 radical (unpaired) electrons. The van der Waals surface area contributed by atoms with Gasteiger partial charge in [-0.3, -0.25) is 9.89 Å². The van der Waals surface area contributed by atoms with E-state index in [-0.39, 0.29) is 24.0 Å². The van der Waals surface area contributed by atoms with Crippen molar-refractivity contribution in [1.82, 2.24) is 20.4 Å². The molecule has 2 saturated heterocycles. The fraction of sp³-hybridized carbons (Fsp3) is 0.667. The van der Waals surface area contributed by atoms with Gasteiger partial charge in [0.2, 0.25) is 0 Å². The second-order valence-corrected chi connectivity index (χ2v) is 7.90. The van der Waals surface area contributed by atoms with Crippen LogP contribution in [0, 0.1) is 0 Å². The summed E-state index contributed by atoms with van der Waals surface area (Å²) in [6, 6.07) is 12.5. The van der Waals surface area contributed by atoms with Gasteiger partial charge in [-0.25, -0.2) is 0 Å². The number of piperidine rings is 1. The number of benzene rings is 1. The van der Waals surface area contributed by atoms with Crippen molar-refractivity contribution in [2.75, 3.05) is 33.7 Å². The minimum absolute atomic E-state index is 0. The molecule has 3 unspecified atom stereocenters. The van der Waals surface area contributed by atoms with Crippen LogP contribution in [0.25, 0.3) is 0 Å². The minimum atomic E-state index is 0. The highest BCUT2D eigenvalue weighted by atomic mass is 127. The van der Waals surface area contributed by atoms with Crippen LogP contribution in [0.3, 0.4) is 0 Å². The zero-order valence-corrected chi connectivity index (χ0v) is 19.4. The Hall–Kier alpha value is -0.860. The van der Waals surface area contributed by atoms with Crippen molar-refractivity contribution in [3.63, 3.8) is 0 Å². The highest BCUT2D eigenvalue weighted by Gasteiger charge is 2.26. The summed E-state index contributed by atoms with van der Waals surface area (Å²) in [6.07, 6.45) is 4.93. The van der Waals surface area contributed by atoms with Gasteiger partial charge < -0.3 is 15.5 Å². The van der Waals surface area contributed by atoms with E-state index >= 15 is 0 Å². The van der Waals surface area contributed by atoms with Gasteiger partial charge >= 0.3 is 0 Å². The number of hydrogen-bond donors (Lipinski definition) is 2. The zero-order chi connectivity index (χ0) is 18.4. The Morgan fingerprint density at radius 2 is 1.96 bits per heavy atom. The highest BCUT2D eigenvalue weighted by Crippen LogP contribution is 2.20. The van der Waals surface area contributed by atoms with E-state index in [0.29, 0.717) is 18.1 Å². The van der Waals surface area contributed by atoms with E-state index < -0.39 is 0 Å². The Labute approximate surface area is 182 Å². The third kappa shape index (κ3) is 6.61. The average molecular weight is 485 g/mol. The largest absolute Gasteiger partial charge is 0.355 e. The first-order valence-corrected chi connectivity index (χ1v) is 10.1. The van der Waals surface area contributed by atoms with Gasteiger partial charge in [-0.05, 0) is 51.8 Å². The number of nitrogens with zero attached hydrogens (tertiary/aromatic N) is 3. The summed E-state index contributed by atoms with van der Waals surface area (Å²) in [5.74, 6) is 0.957. The van der Waals surface area contributed by atoms with Crippen molar-refractivity contribution >= 4 is 29.9 Å². The van der Waals surface area contributed by atoms with Crippen LogP contribution in [-0.4, -0.2) is 67.6 Å². The summed E-state index contributed by atoms with van der Waals surface area (Å²) in [6.45, 7) is 6.74. The van der Waals surface area contributed by atoms with E-state index in [9.17, 15) is 0 Å². The van der Waals surface area contributed by atoms with Crippen LogP contribution in [0.2, 0.25) is 0 Å². The van der Waals surface area contributed by atoms with Crippen molar-refractivity contribution in [3.8, 4) is 0 Å². The van der Waals surface area contributed by atoms with Crippen molar-refractivity contribution in [2.24, 2.45) is 4.99 Å². The molecule has 3 atom stereocenters. The van der Waals surface area contributed by atoms with Gasteiger partial charge in [-0.2, -0.15) is 0 Å². The molecule has 1 aromatic rings. The predicted octanol–water partition coefficient (Wildman–Crippen LogP) is 2.92. The summed E-state index contributed by atoms with van der Waals surface area (Å²) in [5, 5.41) is 7.19. The number of hydrogen-bond acceptors (Lipinski definition) is 3. The molecule has 2 aliphatic heterocycles. The normalized spacial score (nSPS) is 27.2. The van der Waals surface area contributed by atoms with Crippen LogP contribution in [0.15, 0.2) is 35.3 Å². The SMILES string of the molecule is CN=C(NCC1CCCN1C)NC1CCN(Cc2ccccc2)C(C)C1.I. The molecule has 1 aromatic carbocycles. The fourth-order valence-electron chi connectivity index (χ4n) is 4.24. The van der Waals surface area contributed by atoms with E-state index in [1.807, 2.05) is 7.05 Å². The lowest BCUT2D eigenvalue weighted by atomic mass is 9.97. The fourth-order valence-corrected chi connectivity index (χ4v) is 4.24. The molecular weight excluding hydrogens is 449 g/mol. The Morgan fingerprint density at radius 1 is 1.19 bits per heavy atom. The lowest BCUT2D eigenvalue weighted by Gasteiger charge is -2.38. The van der Waals surface area contributed by atoms with E-state index in [0.717, 1.165) is 32.0 Å². The molecule has 6 heteroatoms. The maximum Gasteiger partial charge on any atom is 0.191 e. The highest BCUT2D eigenvalue weighted by molar-refractivity contribution is 14.0. The topological polar surface area (TPSA) is 42.9 Å². The molecular formula is C21H36IN5. The second kappa shape index (κ2) is 11.2. The predicted molar refractivity (Wildman–Crippen MR) is 125 cm³/mol. The Morgan fingerprint density at radius 3 is 2.59 bits per heavy atom. The number of likely N-dealkylation sites (N-methyl/N-ethyl adjacent to an activating group) is 1. The first kappa shape index (κ1) is 22.4. The molecule has 0 saturated carbocycles. The molecule has 27 heavy (non-hydrogen) atoms. The summed E-state index contributed by atoms with van der Waals surface area (Å²) in [5.41, 5.74) is 1.41. The molecule has 0 bridgehead atoms. The van der Waals surface area contributed by atoms with Gasteiger partial charge in [0.25, 0.3) is 0 Å². The molecule has 152 valence electrons. The molecule has 3 rings (SSSR count). The molecule has 2 aliphatic rings. The Kier molecular flexibility index (Phi) is 9.32.